The second-order valence-electron chi connectivity index (χ2n) is 11.4. The third kappa shape index (κ3) is 4.44. The number of anilines is 1. The fraction of sp³-hybridized carbons (Fsp3) is 0.500. The van der Waals surface area contributed by atoms with E-state index in [1.807, 2.05) is 6.92 Å². The molecular weight excluding hydrogens is 490 g/mol. The van der Waals surface area contributed by atoms with E-state index in [9.17, 15) is 9.50 Å². The van der Waals surface area contributed by atoms with Crippen molar-refractivity contribution >= 4 is 5.95 Å². The molecule has 2 aliphatic heterocycles. The van der Waals surface area contributed by atoms with E-state index in [0.717, 1.165) is 32.1 Å². The van der Waals surface area contributed by atoms with Crippen molar-refractivity contribution in [3.63, 3.8) is 0 Å². The Labute approximate surface area is 220 Å². The highest BCUT2D eigenvalue weighted by Gasteiger charge is 2.56. The summed E-state index contributed by atoms with van der Waals surface area (Å²) < 4.78 is 34.9. The first-order chi connectivity index (χ1) is 18.2. The van der Waals surface area contributed by atoms with Gasteiger partial charge in [0.1, 0.15) is 17.6 Å². The summed E-state index contributed by atoms with van der Waals surface area (Å²) in [6.45, 7) is 4.19. The molecule has 2 bridgehead atoms. The molecule has 8 nitrogen and oxygen atoms in total. The van der Waals surface area contributed by atoms with Crippen molar-refractivity contribution < 1.29 is 18.6 Å². The van der Waals surface area contributed by atoms with Gasteiger partial charge in [-0.25, -0.2) is 9.37 Å². The highest BCUT2D eigenvalue weighted by molar-refractivity contribution is 5.74. The Morgan fingerprint density at radius 2 is 1.92 bits per heavy atom. The molecular formula is C28H32F2N6O2. The number of fused-ring (bicyclic) bond motifs is 2. The van der Waals surface area contributed by atoms with Crippen LogP contribution in [0.5, 0.6) is 11.6 Å². The molecule has 3 aromatic rings. The minimum atomic E-state index is -1.05. The number of nitrogens with one attached hydrogen (secondary N) is 1. The van der Waals surface area contributed by atoms with Crippen LogP contribution in [0.15, 0.2) is 36.5 Å². The lowest BCUT2D eigenvalue weighted by atomic mass is 9.68. The number of methoxy groups -OCH3 is 1. The van der Waals surface area contributed by atoms with Crippen LogP contribution in [0.2, 0.25) is 0 Å². The molecule has 2 N–H and O–H groups in total. The maximum atomic E-state index is 16.0. The Balaban J connectivity index is 1.28. The number of hydrogen-bond acceptors (Lipinski definition) is 8. The molecule has 200 valence electrons. The number of nitrogens with zero attached hydrogens (tertiary/aromatic N) is 5. The molecule has 0 spiro atoms. The average molecular weight is 523 g/mol. The smallest absolute Gasteiger partial charge is 0.245 e. The highest BCUT2D eigenvalue weighted by atomic mass is 19.1. The second-order valence-corrected chi connectivity index (χ2v) is 11.4. The molecule has 2 aromatic heterocycles. The molecule has 0 unspecified atom stereocenters. The summed E-state index contributed by atoms with van der Waals surface area (Å²) in [6.07, 6.45) is 6.04. The number of halogens is 2. The first-order valence-corrected chi connectivity index (χ1v) is 13.1. The lowest BCUT2D eigenvalue weighted by Gasteiger charge is -2.57. The molecule has 38 heavy (non-hydrogen) atoms. The minimum Gasteiger partial charge on any atom is -0.507 e. The predicted octanol–water partition coefficient (Wildman–Crippen LogP) is 4.82. The van der Waals surface area contributed by atoms with Gasteiger partial charge >= 0.3 is 0 Å². The van der Waals surface area contributed by atoms with Crippen LogP contribution >= 0.6 is 0 Å². The topological polar surface area (TPSA) is 96.3 Å². The van der Waals surface area contributed by atoms with E-state index in [1.54, 1.807) is 24.4 Å². The van der Waals surface area contributed by atoms with Crippen LogP contribution in [0, 0.1) is 5.95 Å². The first-order valence-electron chi connectivity index (χ1n) is 13.1. The molecule has 1 saturated carbocycles. The predicted molar refractivity (Wildman–Crippen MR) is 139 cm³/mol. The summed E-state index contributed by atoms with van der Waals surface area (Å²) in [5.74, 6) is -0.154. The van der Waals surface area contributed by atoms with Gasteiger partial charge in [-0.3, -0.25) is 0 Å². The van der Waals surface area contributed by atoms with Crippen molar-refractivity contribution in [1.29, 1.82) is 0 Å². The van der Waals surface area contributed by atoms with Crippen LogP contribution in [0.3, 0.4) is 0 Å². The van der Waals surface area contributed by atoms with Crippen LogP contribution < -0.4 is 15.0 Å². The van der Waals surface area contributed by atoms with Gasteiger partial charge in [-0.1, -0.05) is 6.07 Å². The number of hydrogen-bond donors (Lipinski definition) is 2. The summed E-state index contributed by atoms with van der Waals surface area (Å²) >= 11 is 0. The molecule has 1 aromatic carbocycles. The largest absolute Gasteiger partial charge is 0.507 e. The fourth-order valence-corrected chi connectivity index (χ4v) is 6.37. The van der Waals surface area contributed by atoms with E-state index in [1.165, 1.54) is 19.2 Å². The standard InChI is InChI=1S/C28H32F2N6O2/c1-27-9-4-10-28(2,35-27)25(30)21(14-27)36(18-6-7-18)26-31-15-20(33-34-26)19-8-5-16(11-22(19)37)17-12-23(29)32-24(13-17)38-3/h5,8,11-13,15,18,21,25,35,37H,4,6-7,9-10,14H2,1-3H3/t21-,25-,27-,28+/m0/s1. The molecule has 4 atom stereocenters. The van der Waals surface area contributed by atoms with Gasteiger partial charge < -0.3 is 20.1 Å². The molecule has 3 aliphatic rings. The fourth-order valence-electron chi connectivity index (χ4n) is 6.37. The van der Waals surface area contributed by atoms with Crippen molar-refractivity contribution in [3.8, 4) is 34.0 Å². The molecule has 1 aliphatic carbocycles. The van der Waals surface area contributed by atoms with Gasteiger partial charge in [-0.15, -0.1) is 10.2 Å². The van der Waals surface area contributed by atoms with Crippen LogP contribution in [0.1, 0.15) is 52.4 Å². The van der Waals surface area contributed by atoms with E-state index in [-0.39, 0.29) is 29.3 Å². The zero-order valence-corrected chi connectivity index (χ0v) is 21.8. The van der Waals surface area contributed by atoms with Crippen molar-refractivity contribution in [2.45, 2.75) is 81.7 Å². The van der Waals surface area contributed by atoms with Crippen molar-refractivity contribution in [3.05, 3.63) is 42.5 Å². The number of piperidine rings is 2. The third-order valence-corrected chi connectivity index (χ3v) is 8.28. The lowest BCUT2D eigenvalue weighted by Crippen LogP contribution is -2.73. The van der Waals surface area contributed by atoms with Gasteiger partial charge in [0.2, 0.25) is 17.8 Å². The molecule has 3 fully saturated rings. The van der Waals surface area contributed by atoms with Crippen molar-refractivity contribution in [2.75, 3.05) is 12.0 Å². The van der Waals surface area contributed by atoms with Gasteiger partial charge in [0.05, 0.1) is 19.3 Å². The summed E-state index contributed by atoms with van der Waals surface area (Å²) in [5, 5.41) is 23.1. The number of phenolic OH excluding ortho intramolecular Hbond substituents is 1. The summed E-state index contributed by atoms with van der Waals surface area (Å²) in [5.41, 5.74) is 1.27. The molecule has 2 saturated heterocycles. The Hall–Kier alpha value is -3.40. The maximum Gasteiger partial charge on any atom is 0.245 e. The quantitative estimate of drug-likeness (QED) is 0.445. The highest BCUT2D eigenvalue weighted by Crippen LogP contribution is 2.46. The normalized spacial score (nSPS) is 28.7. The van der Waals surface area contributed by atoms with Crippen LogP contribution in [-0.2, 0) is 0 Å². The number of aromatic nitrogens is 4. The van der Waals surface area contributed by atoms with Crippen LogP contribution in [0.25, 0.3) is 22.4 Å². The monoisotopic (exact) mass is 522 g/mol. The number of rotatable bonds is 6. The number of alkyl halides is 1. The zero-order chi connectivity index (χ0) is 26.7. The molecule has 4 heterocycles. The average Bonchev–Trinajstić information content (AvgIpc) is 3.72. The van der Waals surface area contributed by atoms with Gasteiger partial charge in [-0.2, -0.15) is 9.37 Å². The Morgan fingerprint density at radius 1 is 1.11 bits per heavy atom. The number of phenols is 1. The molecule has 0 radical (unpaired) electrons. The van der Waals surface area contributed by atoms with Crippen LogP contribution in [0.4, 0.5) is 14.7 Å². The van der Waals surface area contributed by atoms with Gasteiger partial charge in [-0.05, 0) is 75.6 Å². The third-order valence-electron chi connectivity index (χ3n) is 8.28. The molecule has 6 rings (SSSR count). The Bertz CT molecular complexity index is 1350. The molecule has 10 heteroatoms. The zero-order valence-electron chi connectivity index (χ0n) is 21.8. The maximum absolute atomic E-state index is 16.0. The van der Waals surface area contributed by atoms with Gasteiger partial charge in [0.25, 0.3) is 0 Å². The number of ether oxygens (including phenoxy) is 1. The van der Waals surface area contributed by atoms with Gasteiger partial charge in [0, 0.05) is 34.8 Å². The van der Waals surface area contributed by atoms with Crippen molar-refractivity contribution in [1.82, 2.24) is 25.5 Å². The number of pyridine rings is 1. The van der Waals surface area contributed by atoms with E-state index >= 15 is 4.39 Å². The first kappa shape index (κ1) is 24.9. The summed E-state index contributed by atoms with van der Waals surface area (Å²) in [7, 11) is 1.41. The van der Waals surface area contributed by atoms with Crippen molar-refractivity contribution in [2.24, 2.45) is 0 Å². The van der Waals surface area contributed by atoms with E-state index < -0.39 is 17.7 Å². The summed E-state index contributed by atoms with van der Waals surface area (Å²) in [4.78, 5) is 10.3. The minimum absolute atomic E-state index is 0.0440. The Kier molecular flexibility index (Phi) is 5.97. The number of benzene rings is 1. The Morgan fingerprint density at radius 3 is 2.61 bits per heavy atom. The summed E-state index contributed by atoms with van der Waals surface area (Å²) in [6, 6.07) is 7.71. The molecule has 0 amide bonds. The lowest BCUT2D eigenvalue weighted by molar-refractivity contribution is 0.0000874. The van der Waals surface area contributed by atoms with Gasteiger partial charge in [0.15, 0.2) is 0 Å². The van der Waals surface area contributed by atoms with E-state index in [0.29, 0.717) is 34.8 Å². The van der Waals surface area contributed by atoms with Crippen LogP contribution in [-0.4, -0.2) is 61.7 Å². The SMILES string of the molecule is COc1cc(-c2ccc(-c3cnc(N(C4CC4)[C@H]4C[C@]5(C)CCC[C@@](C)(N5)[C@H]4F)nn3)c(O)c2)cc(F)n1. The van der Waals surface area contributed by atoms with E-state index in [2.05, 4.69) is 37.3 Å². The number of aromatic hydroxyl groups is 1. The second kappa shape index (κ2) is 9.11. The van der Waals surface area contributed by atoms with E-state index in [4.69, 9.17) is 4.74 Å².